The number of nitrogens with zero attached hydrogens (tertiary/aromatic N) is 1. The van der Waals surface area contributed by atoms with E-state index in [-0.39, 0.29) is 37.3 Å². The minimum Gasteiger partial charge on any atom is -0.383 e. The maximum absolute atomic E-state index is 11.8. The van der Waals surface area contributed by atoms with Gasteiger partial charge in [0.05, 0.1) is 26.4 Å². The van der Waals surface area contributed by atoms with Gasteiger partial charge in [-0.25, -0.2) is 0 Å². The fourth-order valence-electron chi connectivity index (χ4n) is 2.60. The molecule has 1 fully saturated rings. The van der Waals surface area contributed by atoms with Gasteiger partial charge in [-0.05, 0) is 24.6 Å². The number of anilines is 1. The van der Waals surface area contributed by atoms with Crippen LogP contribution in [0.2, 0.25) is 0 Å². The van der Waals surface area contributed by atoms with Gasteiger partial charge in [0.15, 0.2) is 0 Å². The van der Waals surface area contributed by atoms with Crippen molar-refractivity contribution in [3.63, 3.8) is 0 Å². The summed E-state index contributed by atoms with van der Waals surface area (Å²) in [5.74, 6) is -0.0462. The van der Waals surface area contributed by atoms with Gasteiger partial charge < -0.3 is 20.1 Å². The first-order chi connectivity index (χ1) is 11.2. The van der Waals surface area contributed by atoms with Crippen LogP contribution in [-0.2, 0) is 14.3 Å². The van der Waals surface area contributed by atoms with Crippen LogP contribution in [0.15, 0.2) is 24.3 Å². The molecule has 6 nitrogen and oxygen atoms in total. The topological polar surface area (TPSA) is 62.8 Å². The van der Waals surface area contributed by atoms with E-state index in [0.29, 0.717) is 19.2 Å². The molecule has 0 radical (unpaired) electrons. The van der Waals surface area contributed by atoms with E-state index in [2.05, 4.69) is 34.6 Å². The summed E-state index contributed by atoms with van der Waals surface area (Å²) in [6, 6.07) is 8.43. The molecule has 8 heteroatoms. The lowest BCUT2D eigenvalue weighted by molar-refractivity contribution is -0.115. The third kappa shape index (κ3) is 8.35. The van der Waals surface area contributed by atoms with E-state index in [1.165, 1.54) is 5.56 Å². The minimum atomic E-state index is -0.0462. The zero-order valence-electron chi connectivity index (χ0n) is 14.8. The molecule has 0 aliphatic carbocycles. The van der Waals surface area contributed by atoms with Gasteiger partial charge in [-0.15, -0.1) is 24.8 Å². The molecule has 1 aliphatic rings. The zero-order valence-corrected chi connectivity index (χ0v) is 16.5. The Labute approximate surface area is 162 Å². The van der Waals surface area contributed by atoms with Crippen molar-refractivity contribution in [2.75, 3.05) is 58.4 Å². The molecule has 1 aliphatic heterocycles. The number of morpholine rings is 1. The van der Waals surface area contributed by atoms with Crippen LogP contribution in [0, 0.1) is 0 Å². The molecule has 0 spiro atoms. The Morgan fingerprint density at radius 2 is 1.88 bits per heavy atom. The Morgan fingerprint density at radius 3 is 2.48 bits per heavy atom. The molecule has 0 bridgehead atoms. The Bertz CT molecular complexity index is 483. The van der Waals surface area contributed by atoms with Crippen molar-refractivity contribution in [3.8, 4) is 0 Å². The predicted molar refractivity (Wildman–Crippen MR) is 105 cm³/mol. The van der Waals surface area contributed by atoms with Gasteiger partial charge in [-0.1, -0.05) is 12.1 Å². The van der Waals surface area contributed by atoms with Gasteiger partial charge in [0, 0.05) is 38.5 Å². The fourth-order valence-corrected chi connectivity index (χ4v) is 2.60. The third-order valence-corrected chi connectivity index (χ3v) is 4.04. The van der Waals surface area contributed by atoms with Gasteiger partial charge in [0.2, 0.25) is 5.91 Å². The summed E-state index contributed by atoms with van der Waals surface area (Å²) in [4.78, 5) is 14.2. The second-order valence-corrected chi connectivity index (χ2v) is 5.66. The van der Waals surface area contributed by atoms with Crippen LogP contribution in [0.1, 0.15) is 18.5 Å². The van der Waals surface area contributed by atoms with Crippen LogP contribution in [0.3, 0.4) is 0 Å². The highest BCUT2D eigenvalue weighted by Gasteiger charge is 2.18. The molecule has 1 unspecified atom stereocenters. The van der Waals surface area contributed by atoms with E-state index in [4.69, 9.17) is 9.47 Å². The van der Waals surface area contributed by atoms with Crippen molar-refractivity contribution >= 4 is 36.4 Å². The van der Waals surface area contributed by atoms with E-state index in [1.807, 2.05) is 12.1 Å². The van der Waals surface area contributed by atoms with E-state index >= 15 is 0 Å². The van der Waals surface area contributed by atoms with E-state index in [9.17, 15) is 4.79 Å². The number of hydrogen-bond donors (Lipinski definition) is 2. The lowest BCUT2D eigenvalue weighted by atomic mass is 10.1. The van der Waals surface area contributed by atoms with Gasteiger partial charge in [0.25, 0.3) is 0 Å². The molecule has 2 N–H and O–H groups in total. The summed E-state index contributed by atoms with van der Waals surface area (Å²) in [5.41, 5.74) is 2.07. The summed E-state index contributed by atoms with van der Waals surface area (Å²) in [7, 11) is 1.64. The van der Waals surface area contributed by atoms with Crippen LogP contribution < -0.4 is 10.6 Å². The van der Waals surface area contributed by atoms with Crippen molar-refractivity contribution in [2.24, 2.45) is 0 Å². The first-order valence-corrected chi connectivity index (χ1v) is 8.12. The molecular formula is C17H29Cl2N3O3. The molecule has 0 aromatic heterocycles. The number of ether oxygens (including phenoxy) is 2. The Balaban J connectivity index is 0.00000288. The van der Waals surface area contributed by atoms with Gasteiger partial charge in [-0.2, -0.15) is 0 Å². The average Bonchev–Trinajstić information content (AvgIpc) is 2.59. The van der Waals surface area contributed by atoms with Crippen LogP contribution in [0.5, 0.6) is 0 Å². The SMILES string of the molecule is COCCNCC(=O)Nc1ccc(C(C)N2CCOCC2)cc1.Cl.Cl. The Kier molecular flexibility index (Phi) is 12.9. The first kappa shape index (κ1) is 24.1. The molecule has 2 rings (SSSR count). The monoisotopic (exact) mass is 393 g/mol. The smallest absolute Gasteiger partial charge is 0.238 e. The van der Waals surface area contributed by atoms with E-state index in [0.717, 1.165) is 32.0 Å². The maximum Gasteiger partial charge on any atom is 0.238 e. The highest BCUT2D eigenvalue weighted by Crippen LogP contribution is 2.22. The molecule has 1 aromatic rings. The number of rotatable bonds is 8. The first-order valence-electron chi connectivity index (χ1n) is 8.12. The summed E-state index contributed by atoms with van der Waals surface area (Å²) in [6.45, 7) is 7.29. The lowest BCUT2D eigenvalue weighted by Gasteiger charge is -2.32. The number of nitrogens with one attached hydrogen (secondary N) is 2. The minimum absolute atomic E-state index is 0. The predicted octanol–water partition coefficient (Wildman–Crippen LogP) is 2.10. The quantitative estimate of drug-likeness (QED) is 0.662. The van der Waals surface area contributed by atoms with E-state index < -0.39 is 0 Å². The molecule has 25 heavy (non-hydrogen) atoms. The molecule has 144 valence electrons. The van der Waals surface area contributed by atoms with E-state index in [1.54, 1.807) is 7.11 Å². The zero-order chi connectivity index (χ0) is 16.5. The fraction of sp³-hybridized carbons (Fsp3) is 0.588. The summed E-state index contributed by atoms with van der Waals surface area (Å²) in [6.07, 6.45) is 0. The molecule has 1 saturated heterocycles. The van der Waals surface area contributed by atoms with Crippen molar-refractivity contribution in [1.82, 2.24) is 10.2 Å². The largest absolute Gasteiger partial charge is 0.383 e. The molecule has 1 amide bonds. The standard InChI is InChI=1S/C17H27N3O3.2ClH/c1-14(20-8-11-23-12-9-20)15-3-5-16(6-4-15)19-17(21)13-18-7-10-22-2;;/h3-6,14,18H,7-13H2,1-2H3,(H,19,21);2*1H. The third-order valence-electron chi connectivity index (χ3n) is 4.04. The highest BCUT2D eigenvalue weighted by molar-refractivity contribution is 5.92. The second-order valence-electron chi connectivity index (χ2n) is 5.66. The van der Waals surface area contributed by atoms with Gasteiger partial charge in [-0.3, -0.25) is 9.69 Å². The number of halogens is 2. The summed E-state index contributed by atoms with van der Waals surface area (Å²) >= 11 is 0. The highest BCUT2D eigenvalue weighted by atomic mass is 35.5. The molecule has 1 atom stereocenters. The second kappa shape index (κ2) is 13.3. The van der Waals surface area contributed by atoms with Gasteiger partial charge >= 0.3 is 0 Å². The van der Waals surface area contributed by atoms with Crippen LogP contribution in [-0.4, -0.2) is 63.9 Å². The summed E-state index contributed by atoms with van der Waals surface area (Å²) in [5, 5.41) is 5.91. The molecular weight excluding hydrogens is 365 g/mol. The summed E-state index contributed by atoms with van der Waals surface area (Å²) < 4.78 is 10.3. The lowest BCUT2D eigenvalue weighted by Crippen LogP contribution is -2.38. The Morgan fingerprint density at radius 1 is 1.24 bits per heavy atom. The number of carbonyl (C=O) groups excluding carboxylic acids is 1. The van der Waals surface area contributed by atoms with Crippen molar-refractivity contribution in [2.45, 2.75) is 13.0 Å². The number of benzene rings is 1. The molecule has 1 aromatic carbocycles. The van der Waals surface area contributed by atoms with Crippen LogP contribution >= 0.6 is 24.8 Å². The average molecular weight is 394 g/mol. The maximum atomic E-state index is 11.8. The number of methoxy groups -OCH3 is 1. The van der Waals surface area contributed by atoms with Crippen LogP contribution in [0.25, 0.3) is 0 Å². The van der Waals surface area contributed by atoms with Crippen LogP contribution in [0.4, 0.5) is 5.69 Å². The number of hydrogen-bond acceptors (Lipinski definition) is 5. The Hall–Kier alpha value is -0.890. The van der Waals surface area contributed by atoms with Crippen molar-refractivity contribution < 1.29 is 14.3 Å². The molecule has 1 heterocycles. The van der Waals surface area contributed by atoms with Crippen molar-refractivity contribution in [1.29, 1.82) is 0 Å². The number of carbonyl (C=O) groups is 1. The molecule has 0 saturated carbocycles. The van der Waals surface area contributed by atoms with Crippen molar-refractivity contribution in [3.05, 3.63) is 29.8 Å². The van der Waals surface area contributed by atoms with Gasteiger partial charge in [0.1, 0.15) is 0 Å². The normalized spacial score (nSPS) is 15.6. The number of amides is 1.